The number of carbonyl (C=O) groups excluding carboxylic acids is 1. The molecular weight excluding hydrogens is 304 g/mol. The van der Waals surface area contributed by atoms with Crippen LogP contribution >= 0.6 is 0 Å². The molecule has 0 spiro atoms. The van der Waals surface area contributed by atoms with E-state index in [9.17, 15) is 4.79 Å². The molecule has 0 saturated heterocycles. The molecule has 0 aliphatic carbocycles. The minimum absolute atomic E-state index is 0.228. The number of pyridine rings is 1. The Kier molecular flexibility index (Phi) is 4.86. The largest absolute Gasteiger partial charge is 0.497 e. The van der Waals surface area contributed by atoms with Crippen LogP contribution in [0.3, 0.4) is 0 Å². The number of nitrogens with one attached hydrogen (secondary N) is 2. The normalized spacial score (nSPS) is 10.4. The van der Waals surface area contributed by atoms with Crippen LogP contribution in [-0.2, 0) is 12.8 Å². The van der Waals surface area contributed by atoms with Crippen LogP contribution in [0.15, 0.2) is 54.9 Å². The summed E-state index contributed by atoms with van der Waals surface area (Å²) in [5.41, 5.74) is 2.64. The lowest BCUT2D eigenvalue weighted by atomic mass is 10.1. The predicted molar refractivity (Wildman–Crippen MR) is 91.2 cm³/mol. The zero-order chi connectivity index (χ0) is 16.8. The zero-order valence-corrected chi connectivity index (χ0v) is 13.3. The third-order valence-electron chi connectivity index (χ3n) is 3.61. The van der Waals surface area contributed by atoms with Gasteiger partial charge in [0, 0.05) is 24.2 Å². The van der Waals surface area contributed by atoms with E-state index in [0.29, 0.717) is 11.4 Å². The van der Waals surface area contributed by atoms with Crippen molar-refractivity contribution in [3.8, 4) is 5.75 Å². The van der Waals surface area contributed by atoms with Gasteiger partial charge in [-0.1, -0.05) is 12.1 Å². The van der Waals surface area contributed by atoms with Gasteiger partial charge in [-0.25, -0.2) is 0 Å². The molecule has 0 atom stereocenters. The van der Waals surface area contributed by atoms with Crippen molar-refractivity contribution >= 4 is 11.7 Å². The number of methoxy groups -OCH3 is 1. The van der Waals surface area contributed by atoms with Crippen LogP contribution < -0.4 is 10.1 Å². The molecule has 0 saturated carbocycles. The number of aromatic nitrogens is 3. The molecular formula is C18H18N4O2. The smallest absolute Gasteiger partial charge is 0.258 e. The van der Waals surface area contributed by atoms with E-state index in [2.05, 4.69) is 26.6 Å². The molecule has 3 aromatic rings. The summed E-state index contributed by atoms with van der Waals surface area (Å²) in [6.07, 6.45) is 4.80. The molecule has 2 heterocycles. The van der Waals surface area contributed by atoms with E-state index < -0.39 is 0 Å². The van der Waals surface area contributed by atoms with Crippen molar-refractivity contribution in [2.24, 2.45) is 0 Å². The number of nitrogens with zero attached hydrogens (tertiary/aromatic N) is 2. The highest BCUT2D eigenvalue weighted by Gasteiger charge is 2.08. The van der Waals surface area contributed by atoms with Crippen LogP contribution in [0.25, 0.3) is 0 Å². The fourth-order valence-corrected chi connectivity index (χ4v) is 2.35. The van der Waals surface area contributed by atoms with Gasteiger partial charge >= 0.3 is 0 Å². The van der Waals surface area contributed by atoms with E-state index in [4.69, 9.17) is 4.74 Å². The molecule has 0 aliphatic rings. The average Bonchev–Trinajstić information content (AvgIpc) is 3.08. The summed E-state index contributed by atoms with van der Waals surface area (Å²) in [7, 11) is 1.66. The highest BCUT2D eigenvalue weighted by Crippen LogP contribution is 2.15. The van der Waals surface area contributed by atoms with E-state index in [-0.39, 0.29) is 5.91 Å². The van der Waals surface area contributed by atoms with Crippen molar-refractivity contribution in [2.75, 3.05) is 12.4 Å². The summed E-state index contributed by atoms with van der Waals surface area (Å²) in [4.78, 5) is 16.0. The molecule has 2 N–H and O–H groups in total. The number of hydrogen-bond donors (Lipinski definition) is 2. The first-order valence-electron chi connectivity index (χ1n) is 7.63. The van der Waals surface area contributed by atoms with Gasteiger partial charge in [-0.15, -0.1) is 0 Å². The van der Waals surface area contributed by atoms with Gasteiger partial charge in [-0.2, -0.15) is 5.10 Å². The molecule has 6 nitrogen and oxygen atoms in total. The first-order chi connectivity index (χ1) is 11.7. The van der Waals surface area contributed by atoms with Crippen LogP contribution in [0, 0.1) is 0 Å². The Bertz CT molecular complexity index is 815. The Morgan fingerprint density at radius 3 is 2.92 bits per heavy atom. The van der Waals surface area contributed by atoms with Crippen molar-refractivity contribution in [2.45, 2.75) is 12.8 Å². The lowest BCUT2D eigenvalue weighted by Crippen LogP contribution is -2.12. The number of hydrogen-bond acceptors (Lipinski definition) is 4. The Labute approximate surface area is 139 Å². The molecule has 6 heteroatoms. The number of aromatic amines is 1. The second-order valence-corrected chi connectivity index (χ2v) is 5.33. The maximum atomic E-state index is 12.1. The first-order valence-corrected chi connectivity index (χ1v) is 7.63. The number of benzene rings is 1. The van der Waals surface area contributed by atoms with Crippen molar-refractivity contribution < 1.29 is 9.53 Å². The van der Waals surface area contributed by atoms with Crippen LogP contribution in [0.2, 0.25) is 0 Å². The zero-order valence-electron chi connectivity index (χ0n) is 13.3. The fraction of sp³-hybridized carbons (Fsp3) is 0.167. The van der Waals surface area contributed by atoms with Crippen molar-refractivity contribution in [1.82, 2.24) is 15.2 Å². The van der Waals surface area contributed by atoms with E-state index >= 15 is 0 Å². The minimum Gasteiger partial charge on any atom is -0.497 e. The van der Waals surface area contributed by atoms with E-state index in [1.807, 2.05) is 24.3 Å². The number of rotatable bonds is 6. The van der Waals surface area contributed by atoms with Gasteiger partial charge in [0.2, 0.25) is 0 Å². The molecule has 3 rings (SSSR count). The monoisotopic (exact) mass is 322 g/mol. The topological polar surface area (TPSA) is 79.9 Å². The SMILES string of the molecule is COc1cccc(CCc2cc(NC(=O)c3cccnc3)n[nH]2)c1. The van der Waals surface area contributed by atoms with E-state index in [0.717, 1.165) is 24.3 Å². The Morgan fingerprint density at radius 1 is 1.21 bits per heavy atom. The molecule has 0 unspecified atom stereocenters. The van der Waals surface area contributed by atoms with Gasteiger partial charge in [-0.3, -0.25) is 14.9 Å². The first kappa shape index (κ1) is 15.7. The second kappa shape index (κ2) is 7.41. The molecule has 1 amide bonds. The third-order valence-corrected chi connectivity index (χ3v) is 3.61. The molecule has 0 aliphatic heterocycles. The molecule has 2 aromatic heterocycles. The van der Waals surface area contributed by atoms with Crippen LogP contribution in [0.4, 0.5) is 5.82 Å². The van der Waals surface area contributed by atoms with Crippen molar-refractivity contribution in [1.29, 1.82) is 0 Å². The summed E-state index contributed by atoms with van der Waals surface area (Å²) < 4.78 is 5.22. The Hall–Kier alpha value is -3.15. The van der Waals surface area contributed by atoms with Gasteiger partial charge in [0.05, 0.1) is 12.7 Å². The lowest BCUT2D eigenvalue weighted by Gasteiger charge is -2.03. The summed E-state index contributed by atoms with van der Waals surface area (Å²) in [6.45, 7) is 0. The van der Waals surface area contributed by atoms with Gasteiger partial charge in [0.1, 0.15) is 5.75 Å². The average molecular weight is 322 g/mol. The molecule has 24 heavy (non-hydrogen) atoms. The predicted octanol–water partition coefficient (Wildman–Crippen LogP) is 2.85. The minimum atomic E-state index is -0.228. The lowest BCUT2D eigenvalue weighted by molar-refractivity contribution is 0.102. The molecule has 122 valence electrons. The van der Waals surface area contributed by atoms with Gasteiger partial charge in [-0.05, 0) is 42.7 Å². The maximum absolute atomic E-state index is 12.1. The van der Waals surface area contributed by atoms with Crippen LogP contribution in [0.5, 0.6) is 5.75 Å². The molecule has 0 fully saturated rings. The Balaban J connectivity index is 1.58. The van der Waals surface area contributed by atoms with Crippen LogP contribution in [0.1, 0.15) is 21.6 Å². The fourth-order valence-electron chi connectivity index (χ4n) is 2.35. The van der Waals surface area contributed by atoms with Crippen molar-refractivity contribution in [3.05, 3.63) is 71.7 Å². The number of carbonyl (C=O) groups is 1. The van der Waals surface area contributed by atoms with E-state index in [1.165, 1.54) is 11.8 Å². The van der Waals surface area contributed by atoms with E-state index in [1.54, 1.807) is 25.4 Å². The van der Waals surface area contributed by atoms with Gasteiger partial charge in [0.15, 0.2) is 5.82 Å². The number of H-pyrrole nitrogens is 1. The summed E-state index contributed by atoms with van der Waals surface area (Å²) in [6, 6.07) is 13.2. The van der Waals surface area contributed by atoms with Crippen LogP contribution in [-0.4, -0.2) is 28.2 Å². The third kappa shape index (κ3) is 3.98. The molecule has 0 radical (unpaired) electrons. The van der Waals surface area contributed by atoms with Gasteiger partial charge in [0.25, 0.3) is 5.91 Å². The van der Waals surface area contributed by atoms with Gasteiger partial charge < -0.3 is 10.1 Å². The highest BCUT2D eigenvalue weighted by molar-refractivity contribution is 6.03. The standard InChI is InChI=1S/C18H18N4O2/c1-24-16-6-2-4-13(10-16)7-8-15-11-17(22-21-15)20-18(23)14-5-3-9-19-12-14/h2-6,9-12H,7-8H2,1H3,(H2,20,21,22,23). The second-order valence-electron chi connectivity index (χ2n) is 5.33. The number of aryl methyl sites for hydroxylation is 2. The number of amides is 1. The number of ether oxygens (including phenoxy) is 1. The summed E-state index contributed by atoms with van der Waals surface area (Å²) >= 11 is 0. The summed E-state index contributed by atoms with van der Waals surface area (Å²) in [5.74, 6) is 1.12. The highest BCUT2D eigenvalue weighted by atomic mass is 16.5. The molecule has 1 aromatic carbocycles. The van der Waals surface area contributed by atoms with Crippen molar-refractivity contribution in [3.63, 3.8) is 0 Å². The Morgan fingerprint density at radius 2 is 2.12 bits per heavy atom. The summed E-state index contributed by atoms with van der Waals surface area (Å²) in [5, 5.41) is 9.83. The molecule has 0 bridgehead atoms. The number of anilines is 1. The maximum Gasteiger partial charge on any atom is 0.258 e. The quantitative estimate of drug-likeness (QED) is 0.731.